The lowest BCUT2D eigenvalue weighted by atomic mass is 10.2. The van der Waals surface area contributed by atoms with Crippen molar-refractivity contribution in [2.45, 2.75) is 6.92 Å². The Morgan fingerprint density at radius 1 is 0.923 bits per heavy atom. The third-order valence-electron chi connectivity index (χ3n) is 3.55. The van der Waals surface area contributed by atoms with E-state index in [1.54, 1.807) is 62.7 Å². The Morgan fingerprint density at radius 2 is 1.46 bits per heavy atom. The van der Waals surface area contributed by atoms with E-state index < -0.39 is 0 Å². The SMILES string of the molecule is COc1ccc(NC(=O)CN(C)C(=O)c2ccc(NC(C)=O)cc2)cc1. The smallest absolute Gasteiger partial charge is 0.254 e. The molecule has 0 bridgehead atoms. The first-order valence-corrected chi connectivity index (χ1v) is 7.96. The molecule has 2 aromatic rings. The van der Waals surface area contributed by atoms with Gasteiger partial charge < -0.3 is 20.3 Å². The van der Waals surface area contributed by atoms with Crippen LogP contribution in [0.2, 0.25) is 0 Å². The van der Waals surface area contributed by atoms with E-state index in [0.29, 0.717) is 22.7 Å². The van der Waals surface area contributed by atoms with Gasteiger partial charge in [0.1, 0.15) is 5.75 Å². The summed E-state index contributed by atoms with van der Waals surface area (Å²) in [6.07, 6.45) is 0. The van der Waals surface area contributed by atoms with Crippen LogP contribution in [-0.2, 0) is 9.59 Å². The van der Waals surface area contributed by atoms with E-state index in [2.05, 4.69) is 10.6 Å². The zero-order valence-electron chi connectivity index (χ0n) is 14.9. The summed E-state index contributed by atoms with van der Waals surface area (Å²) in [5.41, 5.74) is 1.66. The molecule has 7 nitrogen and oxygen atoms in total. The highest BCUT2D eigenvalue weighted by atomic mass is 16.5. The van der Waals surface area contributed by atoms with Crippen LogP contribution in [0.25, 0.3) is 0 Å². The molecule has 2 rings (SSSR count). The molecule has 0 saturated heterocycles. The molecule has 0 aromatic heterocycles. The van der Waals surface area contributed by atoms with Crippen LogP contribution < -0.4 is 15.4 Å². The summed E-state index contributed by atoms with van der Waals surface area (Å²) in [5.74, 6) is -0.0838. The summed E-state index contributed by atoms with van der Waals surface area (Å²) >= 11 is 0. The fourth-order valence-electron chi connectivity index (χ4n) is 2.28. The second-order valence-corrected chi connectivity index (χ2v) is 5.70. The zero-order valence-corrected chi connectivity index (χ0v) is 14.9. The van der Waals surface area contributed by atoms with Crippen molar-refractivity contribution < 1.29 is 19.1 Å². The van der Waals surface area contributed by atoms with Gasteiger partial charge in [-0.2, -0.15) is 0 Å². The molecule has 0 spiro atoms. The van der Waals surface area contributed by atoms with Crippen LogP contribution in [-0.4, -0.2) is 43.3 Å². The molecule has 0 aliphatic heterocycles. The minimum absolute atomic E-state index is 0.0850. The molecular weight excluding hydrogens is 334 g/mol. The van der Waals surface area contributed by atoms with Crippen molar-refractivity contribution in [3.63, 3.8) is 0 Å². The first-order valence-electron chi connectivity index (χ1n) is 7.96. The molecule has 3 amide bonds. The first kappa shape index (κ1) is 19.0. The lowest BCUT2D eigenvalue weighted by Crippen LogP contribution is -2.34. The summed E-state index contributed by atoms with van der Waals surface area (Å²) < 4.78 is 5.06. The van der Waals surface area contributed by atoms with Crippen molar-refractivity contribution in [1.29, 1.82) is 0 Å². The number of anilines is 2. The lowest BCUT2D eigenvalue weighted by Gasteiger charge is -2.17. The van der Waals surface area contributed by atoms with Crippen molar-refractivity contribution in [1.82, 2.24) is 4.90 Å². The molecule has 0 aliphatic rings. The van der Waals surface area contributed by atoms with Crippen LogP contribution in [0.1, 0.15) is 17.3 Å². The molecular formula is C19H21N3O4. The van der Waals surface area contributed by atoms with Crippen LogP contribution in [0.5, 0.6) is 5.75 Å². The van der Waals surface area contributed by atoms with Gasteiger partial charge in [0.2, 0.25) is 11.8 Å². The van der Waals surface area contributed by atoms with E-state index >= 15 is 0 Å². The van der Waals surface area contributed by atoms with E-state index in [1.807, 2.05) is 0 Å². The van der Waals surface area contributed by atoms with Crippen LogP contribution in [0, 0.1) is 0 Å². The fraction of sp³-hybridized carbons (Fsp3) is 0.211. The predicted octanol–water partition coefficient (Wildman–Crippen LogP) is 2.36. The molecule has 0 unspecified atom stereocenters. The Kier molecular flexibility index (Phi) is 6.32. The molecule has 7 heteroatoms. The Morgan fingerprint density at radius 3 is 2.00 bits per heavy atom. The van der Waals surface area contributed by atoms with E-state index in [9.17, 15) is 14.4 Å². The van der Waals surface area contributed by atoms with Crippen LogP contribution >= 0.6 is 0 Å². The largest absolute Gasteiger partial charge is 0.497 e. The molecule has 0 fully saturated rings. The predicted molar refractivity (Wildman–Crippen MR) is 99.3 cm³/mol. The number of ether oxygens (including phenoxy) is 1. The fourth-order valence-corrected chi connectivity index (χ4v) is 2.28. The van der Waals surface area contributed by atoms with Crippen LogP contribution in [0.3, 0.4) is 0 Å². The average Bonchev–Trinajstić information content (AvgIpc) is 2.61. The van der Waals surface area contributed by atoms with Gasteiger partial charge in [0, 0.05) is 30.9 Å². The van der Waals surface area contributed by atoms with Gasteiger partial charge in [-0.1, -0.05) is 0 Å². The standard InChI is InChI=1S/C19H21N3O4/c1-13(23)20-15-6-4-14(5-7-15)19(25)22(2)12-18(24)21-16-8-10-17(26-3)11-9-16/h4-11H,12H2,1-3H3,(H,20,23)(H,21,24). The van der Waals surface area contributed by atoms with Crippen LogP contribution in [0.4, 0.5) is 11.4 Å². The van der Waals surface area contributed by atoms with E-state index in [1.165, 1.54) is 11.8 Å². The minimum atomic E-state index is -0.305. The number of benzene rings is 2. The van der Waals surface area contributed by atoms with Gasteiger partial charge in [-0.15, -0.1) is 0 Å². The number of rotatable bonds is 6. The van der Waals surface area contributed by atoms with Gasteiger partial charge in [0.25, 0.3) is 5.91 Å². The molecule has 26 heavy (non-hydrogen) atoms. The van der Waals surface area contributed by atoms with Gasteiger partial charge in [0.05, 0.1) is 13.7 Å². The second-order valence-electron chi connectivity index (χ2n) is 5.70. The monoisotopic (exact) mass is 355 g/mol. The minimum Gasteiger partial charge on any atom is -0.497 e. The number of nitrogens with one attached hydrogen (secondary N) is 2. The quantitative estimate of drug-likeness (QED) is 0.833. The number of carbonyl (C=O) groups excluding carboxylic acids is 3. The molecule has 136 valence electrons. The molecule has 0 saturated carbocycles. The van der Waals surface area contributed by atoms with Gasteiger partial charge in [-0.25, -0.2) is 0 Å². The summed E-state index contributed by atoms with van der Waals surface area (Å²) in [5, 5.41) is 5.36. The van der Waals surface area contributed by atoms with Crippen molar-refractivity contribution in [3.05, 3.63) is 54.1 Å². The third-order valence-corrected chi connectivity index (χ3v) is 3.55. The molecule has 0 heterocycles. The van der Waals surface area contributed by atoms with E-state index in [0.717, 1.165) is 0 Å². The molecule has 0 atom stereocenters. The molecule has 2 N–H and O–H groups in total. The van der Waals surface area contributed by atoms with Gasteiger partial charge >= 0.3 is 0 Å². The number of amides is 3. The maximum atomic E-state index is 12.4. The molecule has 2 aromatic carbocycles. The number of hydrogen-bond donors (Lipinski definition) is 2. The Balaban J connectivity index is 1.92. The summed E-state index contributed by atoms with van der Waals surface area (Å²) in [7, 11) is 3.12. The highest BCUT2D eigenvalue weighted by molar-refractivity contribution is 5.99. The summed E-state index contributed by atoms with van der Waals surface area (Å²) in [6.45, 7) is 1.33. The summed E-state index contributed by atoms with van der Waals surface area (Å²) in [6, 6.07) is 13.4. The Bertz CT molecular complexity index is 785. The highest BCUT2D eigenvalue weighted by Gasteiger charge is 2.15. The third kappa shape index (κ3) is 5.34. The number of nitrogens with zero attached hydrogens (tertiary/aromatic N) is 1. The molecule has 0 radical (unpaired) electrons. The van der Waals surface area contributed by atoms with Crippen molar-refractivity contribution in [2.75, 3.05) is 31.3 Å². The lowest BCUT2D eigenvalue weighted by molar-refractivity contribution is -0.116. The van der Waals surface area contributed by atoms with E-state index in [4.69, 9.17) is 4.74 Å². The number of likely N-dealkylation sites (N-methyl/N-ethyl adjacent to an activating group) is 1. The maximum absolute atomic E-state index is 12.4. The highest BCUT2D eigenvalue weighted by Crippen LogP contribution is 2.15. The topological polar surface area (TPSA) is 87.7 Å². The van der Waals surface area contributed by atoms with Crippen LogP contribution in [0.15, 0.2) is 48.5 Å². The van der Waals surface area contributed by atoms with Gasteiger partial charge in [0.15, 0.2) is 0 Å². The summed E-state index contributed by atoms with van der Waals surface area (Å²) in [4.78, 5) is 36.8. The van der Waals surface area contributed by atoms with Gasteiger partial charge in [-0.05, 0) is 48.5 Å². The number of carbonyl (C=O) groups is 3. The number of methoxy groups -OCH3 is 1. The Labute approximate surface area is 152 Å². The second kappa shape index (κ2) is 8.66. The molecule has 0 aliphatic carbocycles. The van der Waals surface area contributed by atoms with Crippen molar-refractivity contribution >= 4 is 29.1 Å². The number of hydrogen-bond acceptors (Lipinski definition) is 4. The maximum Gasteiger partial charge on any atom is 0.254 e. The average molecular weight is 355 g/mol. The van der Waals surface area contributed by atoms with Gasteiger partial charge in [-0.3, -0.25) is 14.4 Å². The van der Waals surface area contributed by atoms with Crippen molar-refractivity contribution in [3.8, 4) is 5.75 Å². The van der Waals surface area contributed by atoms with Crippen molar-refractivity contribution in [2.24, 2.45) is 0 Å². The zero-order chi connectivity index (χ0) is 19.1. The first-order chi connectivity index (χ1) is 12.4. The van der Waals surface area contributed by atoms with E-state index in [-0.39, 0.29) is 24.3 Å². The Hall–Kier alpha value is -3.35. The normalized spacial score (nSPS) is 9.96.